The van der Waals surface area contributed by atoms with E-state index in [1.54, 1.807) is 12.1 Å². The van der Waals surface area contributed by atoms with E-state index in [1.807, 2.05) is 19.1 Å². The number of alkyl halides is 3. The first-order chi connectivity index (χ1) is 9.36. The molecule has 0 saturated heterocycles. The van der Waals surface area contributed by atoms with Crippen molar-refractivity contribution in [3.8, 4) is 0 Å². The molecule has 0 aliphatic heterocycles. The van der Waals surface area contributed by atoms with E-state index in [2.05, 4.69) is 9.97 Å². The quantitative estimate of drug-likeness (QED) is 0.588. The average molecular weight is 319 g/mol. The van der Waals surface area contributed by atoms with Gasteiger partial charge in [-0.05, 0) is 30.7 Å². The van der Waals surface area contributed by atoms with Crippen LogP contribution >= 0.6 is 23.4 Å². The lowest BCUT2D eigenvalue weighted by atomic mass is 10.2. The SMILES string of the molecule is CC(Sc1nccc(C(F)(F)F)n1)c1ccc(Cl)cc1. The van der Waals surface area contributed by atoms with Crippen LogP contribution in [-0.4, -0.2) is 9.97 Å². The van der Waals surface area contributed by atoms with Crippen LogP contribution in [0.25, 0.3) is 0 Å². The predicted octanol–water partition coefficient (Wildman–Crippen LogP) is 5.00. The first-order valence-corrected chi connectivity index (χ1v) is 6.94. The second kappa shape index (κ2) is 6.01. The van der Waals surface area contributed by atoms with Crippen molar-refractivity contribution in [1.82, 2.24) is 9.97 Å². The van der Waals surface area contributed by atoms with Crippen LogP contribution in [0.1, 0.15) is 23.4 Å². The van der Waals surface area contributed by atoms with Gasteiger partial charge in [0, 0.05) is 16.5 Å². The Bertz CT molecular complexity index is 587. The summed E-state index contributed by atoms with van der Waals surface area (Å²) in [6.45, 7) is 1.87. The molecule has 1 aromatic heterocycles. The summed E-state index contributed by atoms with van der Waals surface area (Å²) in [5.41, 5.74) is 0.0127. The van der Waals surface area contributed by atoms with Crippen molar-refractivity contribution in [3.63, 3.8) is 0 Å². The normalized spacial score (nSPS) is 13.2. The van der Waals surface area contributed by atoms with Crippen molar-refractivity contribution in [2.24, 2.45) is 0 Å². The third kappa shape index (κ3) is 3.86. The molecule has 106 valence electrons. The second-order valence-corrected chi connectivity index (χ2v) is 5.78. The highest BCUT2D eigenvalue weighted by Gasteiger charge is 2.32. The maximum Gasteiger partial charge on any atom is 0.433 e. The zero-order valence-electron chi connectivity index (χ0n) is 10.4. The van der Waals surface area contributed by atoms with Crippen molar-refractivity contribution in [1.29, 1.82) is 0 Å². The van der Waals surface area contributed by atoms with Gasteiger partial charge in [-0.25, -0.2) is 9.97 Å². The van der Waals surface area contributed by atoms with Gasteiger partial charge in [0.1, 0.15) is 5.69 Å². The predicted molar refractivity (Wildman–Crippen MR) is 72.8 cm³/mol. The van der Waals surface area contributed by atoms with Crippen LogP contribution in [0.5, 0.6) is 0 Å². The molecule has 2 rings (SSSR count). The highest BCUT2D eigenvalue weighted by molar-refractivity contribution is 7.99. The minimum Gasteiger partial charge on any atom is -0.231 e. The first-order valence-electron chi connectivity index (χ1n) is 5.68. The van der Waals surface area contributed by atoms with Crippen molar-refractivity contribution in [2.75, 3.05) is 0 Å². The molecule has 2 nitrogen and oxygen atoms in total. The Morgan fingerprint density at radius 2 is 1.80 bits per heavy atom. The van der Waals surface area contributed by atoms with E-state index in [0.717, 1.165) is 17.8 Å². The van der Waals surface area contributed by atoms with E-state index in [-0.39, 0.29) is 10.4 Å². The summed E-state index contributed by atoms with van der Waals surface area (Å²) in [7, 11) is 0. The molecule has 7 heteroatoms. The fourth-order valence-electron chi connectivity index (χ4n) is 1.52. The third-order valence-electron chi connectivity index (χ3n) is 2.55. The maximum absolute atomic E-state index is 12.6. The number of benzene rings is 1. The van der Waals surface area contributed by atoms with Crippen LogP contribution in [0, 0.1) is 0 Å². The molecule has 0 saturated carbocycles. The fraction of sp³-hybridized carbons (Fsp3) is 0.231. The number of halogens is 4. The third-order valence-corrected chi connectivity index (χ3v) is 3.83. The van der Waals surface area contributed by atoms with Crippen LogP contribution < -0.4 is 0 Å². The fourth-order valence-corrected chi connectivity index (χ4v) is 2.52. The molecule has 0 aliphatic rings. The smallest absolute Gasteiger partial charge is 0.231 e. The van der Waals surface area contributed by atoms with E-state index < -0.39 is 11.9 Å². The Hall–Kier alpha value is -1.27. The summed E-state index contributed by atoms with van der Waals surface area (Å²) in [6.07, 6.45) is -3.34. The molecular formula is C13H10ClF3N2S. The monoisotopic (exact) mass is 318 g/mol. The topological polar surface area (TPSA) is 25.8 Å². The molecule has 1 unspecified atom stereocenters. The van der Waals surface area contributed by atoms with Gasteiger partial charge < -0.3 is 0 Å². The largest absolute Gasteiger partial charge is 0.433 e. The summed E-state index contributed by atoms with van der Waals surface area (Å²) in [4.78, 5) is 7.39. The van der Waals surface area contributed by atoms with Gasteiger partial charge >= 0.3 is 6.18 Å². The Balaban J connectivity index is 2.15. The Kier molecular flexibility index (Phi) is 4.55. The number of aromatic nitrogens is 2. The number of hydrogen-bond acceptors (Lipinski definition) is 3. The molecule has 0 bridgehead atoms. The summed E-state index contributed by atoms with van der Waals surface area (Å²) in [6, 6.07) is 7.99. The molecule has 0 amide bonds. The molecule has 0 fully saturated rings. The second-order valence-electron chi connectivity index (χ2n) is 4.03. The van der Waals surface area contributed by atoms with E-state index in [1.165, 1.54) is 11.8 Å². The molecule has 1 heterocycles. The molecule has 0 N–H and O–H groups in total. The Morgan fingerprint density at radius 1 is 1.15 bits per heavy atom. The van der Waals surface area contributed by atoms with Crippen molar-refractivity contribution in [2.45, 2.75) is 23.5 Å². The van der Waals surface area contributed by atoms with Crippen LogP contribution in [0.3, 0.4) is 0 Å². The summed E-state index contributed by atoms with van der Waals surface area (Å²) >= 11 is 6.96. The lowest BCUT2D eigenvalue weighted by Gasteiger charge is -2.11. The van der Waals surface area contributed by atoms with Crippen molar-refractivity contribution in [3.05, 3.63) is 52.8 Å². The minimum absolute atomic E-state index is 0.0734. The van der Waals surface area contributed by atoms with E-state index in [0.29, 0.717) is 5.02 Å². The lowest BCUT2D eigenvalue weighted by molar-refractivity contribution is -0.141. The Labute approximate surface area is 123 Å². The van der Waals surface area contributed by atoms with Crippen molar-refractivity contribution < 1.29 is 13.2 Å². The molecule has 0 radical (unpaired) electrons. The van der Waals surface area contributed by atoms with Gasteiger partial charge in [-0.1, -0.05) is 35.5 Å². The number of rotatable bonds is 3. The molecule has 1 atom stereocenters. The number of nitrogens with zero attached hydrogens (tertiary/aromatic N) is 2. The van der Waals surface area contributed by atoms with Crippen LogP contribution in [0.4, 0.5) is 13.2 Å². The van der Waals surface area contributed by atoms with Gasteiger partial charge in [0.15, 0.2) is 5.16 Å². The lowest BCUT2D eigenvalue weighted by Crippen LogP contribution is -2.09. The van der Waals surface area contributed by atoms with Gasteiger partial charge in [-0.2, -0.15) is 13.2 Å². The number of hydrogen-bond donors (Lipinski definition) is 0. The zero-order chi connectivity index (χ0) is 14.8. The van der Waals surface area contributed by atoms with E-state index >= 15 is 0 Å². The van der Waals surface area contributed by atoms with Crippen LogP contribution in [-0.2, 0) is 6.18 Å². The molecule has 2 aromatic rings. The summed E-state index contributed by atoms with van der Waals surface area (Å²) in [5.74, 6) is 0. The van der Waals surface area contributed by atoms with Crippen LogP contribution in [0.15, 0.2) is 41.7 Å². The van der Waals surface area contributed by atoms with Gasteiger partial charge in [0.2, 0.25) is 0 Å². The van der Waals surface area contributed by atoms with Gasteiger partial charge in [-0.3, -0.25) is 0 Å². The van der Waals surface area contributed by atoms with E-state index in [4.69, 9.17) is 11.6 Å². The highest BCUT2D eigenvalue weighted by Crippen LogP contribution is 2.34. The number of thioether (sulfide) groups is 1. The molecule has 0 spiro atoms. The van der Waals surface area contributed by atoms with Crippen LogP contribution in [0.2, 0.25) is 5.02 Å². The van der Waals surface area contributed by atoms with Gasteiger partial charge in [-0.15, -0.1) is 0 Å². The van der Waals surface area contributed by atoms with E-state index in [9.17, 15) is 13.2 Å². The Morgan fingerprint density at radius 3 is 2.40 bits per heavy atom. The maximum atomic E-state index is 12.6. The molecule has 20 heavy (non-hydrogen) atoms. The zero-order valence-corrected chi connectivity index (χ0v) is 11.9. The highest BCUT2D eigenvalue weighted by atomic mass is 35.5. The minimum atomic E-state index is -4.46. The summed E-state index contributed by atoms with van der Waals surface area (Å²) in [5, 5.41) is 0.638. The molecule has 0 aliphatic carbocycles. The summed E-state index contributed by atoms with van der Waals surface area (Å²) < 4.78 is 37.7. The average Bonchev–Trinajstić information content (AvgIpc) is 2.38. The standard InChI is InChI=1S/C13H10ClF3N2S/c1-8(9-2-4-10(14)5-3-9)20-12-18-7-6-11(19-12)13(15,16)17/h2-8H,1H3. The first kappa shape index (κ1) is 15.1. The molecule has 1 aromatic carbocycles. The molecular weight excluding hydrogens is 309 g/mol. The van der Waals surface area contributed by atoms with Gasteiger partial charge in [0.25, 0.3) is 0 Å². The van der Waals surface area contributed by atoms with Gasteiger partial charge in [0.05, 0.1) is 0 Å². The van der Waals surface area contributed by atoms with Crippen molar-refractivity contribution >= 4 is 23.4 Å².